The van der Waals surface area contributed by atoms with Crippen LogP contribution in [0.25, 0.3) is 11.0 Å². The van der Waals surface area contributed by atoms with E-state index in [1.54, 1.807) is 12.1 Å². The molecule has 2 aromatic carbocycles. The van der Waals surface area contributed by atoms with Gasteiger partial charge in [-0.15, -0.1) is 0 Å². The van der Waals surface area contributed by atoms with Crippen molar-refractivity contribution in [3.05, 3.63) is 63.5 Å². The van der Waals surface area contributed by atoms with Crippen molar-refractivity contribution in [1.82, 2.24) is 9.97 Å². The van der Waals surface area contributed by atoms with E-state index < -0.39 is 0 Å². The summed E-state index contributed by atoms with van der Waals surface area (Å²) in [6.07, 6.45) is 0. The van der Waals surface area contributed by atoms with E-state index in [-0.39, 0.29) is 5.69 Å². The summed E-state index contributed by atoms with van der Waals surface area (Å²) in [6.45, 7) is 0.431. The van der Waals surface area contributed by atoms with Gasteiger partial charge in [0.1, 0.15) is 12.4 Å². The highest BCUT2D eigenvalue weighted by Gasteiger charge is 2.07. The van der Waals surface area contributed by atoms with Crippen LogP contribution in [0.15, 0.2) is 47.3 Å². The number of fused-ring (bicyclic) bond motifs is 1. The van der Waals surface area contributed by atoms with Gasteiger partial charge in [-0.3, -0.25) is 0 Å². The maximum absolute atomic E-state index is 11.2. The molecule has 1 heterocycles. The zero-order chi connectivity index (χ0) is 13.2. The first kappa shape index (κ1) is 11.9. The number of hydrogen-bond donors (Lipinski definition) is 2. The molecule has 0 radical (unpaired) electrons. The normalized spacial score (nSPS) is 10.8. The third kappa shape index (κ3) is 2.48. The molecule has 5 heteroatoms. The van der Waals surface area contributed by atoms with E-state index in [9.17, 15) is 4.79 Å². The Balaban J connectivity index is 1.88. The van der Waals surface area contributed by atoms with E-state index in [1.807, 2.05) is 30.3 Å². The first-order valence-corrected chi connectivity index (χ1v) is 6.18. The standard InChI is InChI=1S/C14H11ClN2O2/c15-10-6-11-12(17-14(18)16-11)7-13(10)19-8-9-4-2-1-3-5-9/h1-7H,8H2,(H2,16,17,18). The third-order valence-corrected chi connectivity index (χ3v) is 3.10. The van der Waals surface area contributed by atoms with Crippen LogP contribution in [0, 0.1) is 0 Å². The van der Waals surface area contributed by atoms with Gasteiger partial charge in [0, 0.05) is 6.07 Å². The monoisotopic (exact) mass is 274 g/mol. The Hall–Kier alpha value is -2.20. The number of rotatable bonds is 3. The van der Waals surface area contributed by atoms with Crippen LogP contribution >= 0.6 is 11.6 Å². The maximum Gasteiger partial charge on any atom is 0.323 e. The highest BCUT2D eigenvalue weighted by Crippen LogP contribution is 2.28. The minimum Gasteiger partial charge on any atom is -0.487 e. The van der Waals surface area contributed by atoms with Crippen molar-refractivity contribution in [2.24, 2.45) is 0 Å². The molecule has 0 amide bonds. The van der Waals surface area contributed by atoms with Crippen LogP contribution < -0.4 is 10.4 Å². The number of imidazole rings is 1. The number of H-pyrrole nitrogens is 2. The molecule has 1 aromatic heterocycles. The lowest BCUT2D eigenvalue weighted by molar-refractivity contribution is 0.307. The van der Waals surface area contributed by atoms with Gasteiger partial charge in [0.25, 0.3) is 0 Å². The fourth-order valence-corrected chi connectivity index (χ4v) is 2.10. The highest BCUT2D eigenvalue weighted by molar-refractivity contribution is 6.32. The molecule has 0 spiro atoms. The lowest BCUT2D eigenvalue weighted by atomic mass is 10.2. The number of benzene rings is 2. The smallest absolute Gasteiger partial charge is 0.323 e. The van der Waals surface area contributed by atoms with Crippen molar-refractivity contribution in [2.75, 3.05) is 0 Å². The third-order valence-electron chi connectivity index (χ3n) is 2.81. The minimum atomic E-state index is -0.258. The van der Waals surface area contributed by atoms with Crippen LogP contribution in [0.3, 0.4) is 0 Å². The van der Waals surface area contributed by atoms with Crippen molar-refractivity contribution in [2.45, 2.75) is 6.61 Å². The van der Waals surface area contributed by atoms with Crippen molar-refractivity contribution < 1.29 is 4.74 Å². The Labute approximate surface area is 114 Å². The minimum absolute atomic E-state index is 0.258. The number of halogens is 1. The summed E-state index contributed by atoms with van der Waals surface area (Å²) in [5, 5.41) is 0.471. The Morgan fingerprint density at radius 3 is 2.47 bits per heavy atom. The predicted octanol–water partition coefficient (Wildman–Crippen LogP) is 3.09. The summed E-state index contributed by atoms with van der Waals surface area (Å²) in [5.41, 5.74) is 2.15. The number of aromatic nitrogens is 2. The van der Waals surface area contributed by atoms with Gasteiger partial charge in [-0.25, -0.2) is 4.79 Å². The number of aromatic amines is 2. The van der Waals surface area contributed by atoms with E-state index in [0.29, 0.717) is 28.4 Å². The SMILES string of the molecule is O=c1[nH]c2cc(Cl)c(OCc3ccccc3)cc2[nH]1. The predicted molar refractivity (Wildman–Crippen MR) is 74.7 cm³/mol. The molecule has 19 heavy (non-hydrogen) atoms. The second-order valence-corrected chi connectivity index (χ2v) is 4.59. The molecule has 3 aromatic rings. The second kappa shape index (κ2) is 4.82. The Morgan fingerprint density at radius 1 is 1.05 bits per heavy atom. The van der Waals surface area contributed by atoms with Crippen LogP contribution in [0.4, 0.5) is 0 Å². The van der Waals surface area contributed by atoms with Crippen LogP contribution in [0.1, 0.15) is 5.56 Å². The molecule has 4 nitrogen and oxygen atoms in total. The summed E-state index contributed by atoms with van der Waals surface area (Å²) < 4.78 is 5.67. The molecule has 96 valence electrons. The number of ether oxygens (including phenoxy) is 1. The van der Waals surface area contributed by atoms with E-state index in [2.05, 4.69) is 9.97 Å². The molecule has 0 unspecified atom stereocenters. The average Bonchev–Trinajstić information content (AvgIpc) is 2.76. The van der Waals surface area contributed by atoms with E-state index in [0.717, 1.165) is 5.56 Å². The first-order chi connectivity index (χ1) is 9.22. The number of nitrogens with one attached hydrogen (secondary N) is 2. The molecule has 0 aliphatic carbocycles. The lowest BCUT2D eigenvalue weighted by Gasteiger charge is -2.08. The topological polar surface area (TPSA) is 57.9 Å². The molecule has 3 rings (SSSR count). The lowest BCUT2D eigenvalue weighted by Crippen LogP contribution is -1.99. The van der Waals surface area contributed by atoms with Gasteiger partial charge in [-0.2, -0.15) is 0 Å². The largest absolute Gasteiger partial charge is 0.487 e. The molecule has 0 saturated carbocycles. The highest BCUT2D eigenvalue weighted by atomic mass is 35.5. The zero-order valence-electron chi connectivity index (χ0n) is 9.94. The van der Waals surface area contributed by atoms with Crippen LogP contribution in [0.5, 0.6) is 5.75 Å². The van der Waals surface area contributed by atoms with Crippen LogP contribution in [-0.2, 0) is 6.61 Å². The fraction of sp³-hybridized carbons (Fsp3) is 0.0714. The fourth-order valence-electron chi connectivity index (χ4n) is 1.88. The van der Waals surface area contributed by atoms with E-state index in [1.165, 1.54) is 0 Å². The van der Waals surface area contributed by atoms with Crippen molar-refractivity contribution in [1.29, 1.82) is 0 Å². The van der Waals surface area contributed by atoms with E-state index >= 15 is 0 Å². The van der Waals surface area contributed by atoms with Crippen molar-refractivity contribution in [3.8, 4) is 5.75 Å². The Morgan fingerprint density at radius 2 is 1.74 bits per heavy atom. The average molecular weight is 275 g/mol. The van der Waals surface area contributed by atoms with Crippen molar-refractivity contribution >= 4 is 22.6 Å². The summed E-state index contributed by atoms with van der Waals surface area (Å²) >= 11 is 6.12. The molecular weight excluding hydrogens is 264 g/mol. The molecule has 0 bridgehead atoms. The molecule has 0 aliphatic rings. The quantitative estimate of drug-likeness (QED) is 0.771. The van der Waals surface area contributed by atoms with Gasteiger partial charge in [-0.1, -0.05) is 41.9 Å². The maximum atomic E-state index is 11.2. The van der Waals surface area contributed by atoms with Gasteiger partial charge >= 0.3 is 5.69 Å². The van der Waals surface area contributed by atoms with Crippen molar-refractivity contribution in [3.63, 3.8) is 0 Å². The summed E-state index contributed by atoms with van der Waals surface area (Å²) in [5.74, 6) is 0.549. The van der Waals surface area contributed by atoms with Crippen LogP contribution in [-0.4, -0.2) is 9.97 Å². The van der Waals surface area contributed by atoms with Gasteiger partial charge < -0.3 is 14.7 Å². The Kier molecular flexibility index (Phi) is 3.01. The molecule has 0 aliphatic heterocycles. The van der Waals surface area contributed by atoms with Gasteiger partial charge in [-0.05, 0) is 11.6 Å². The molecule has 0 fully saturated rings. The molecular formula is C14H11ClN2O2. The summed E-state index contributed by atoms with van der Waals surface area (Å²) in [7, 11) is 0. The first-order valence-electron chi connectivity index (χ1n) is 5.80. The Bertz CT molecular complexity index is 762. The zero-order valence-corrected chi connectivity index (χ0v) is 10.7. The summed E-state index contributed by atoms with van der Waals surface area (Å²) in [6, 6.07) is 13.2. The van der Waals surface area contributed by atoms with E-state index in [4.69, 9.17) is 16.3 Å². The molecule has 2 N–H and O–H groups in total. The second-order valence-electron chi connectivity index (χ2n) is 4.18. The van der Waals surface area contributed by atoms with Gasteiger partial charge in [0.15, 0.2) is 0 Å². The number of hydrogen-bond acceptors (Lipinski definition) is 2. The van der Waals surface area contributed by atoms with Crippen LogP contribution in [0.2, 0.25) is 5.02 Å². The molecule has 0 saturated heterocycles. The van der Waals surface area contributed by atoms with Gasteiger partial charge in [0.2, 0.25) is 0 Å². The summed E-state index contributed by atoms with van der Waals surface area (Å²) in [4.78, 5) is 16.5. The molecule has 0 atom stereocenters. The van der Waals surface area contributed by atoms with Gasteiger partial charge in [0.05, 0.1) is 16.1 Å².